The van der Waals surface area contributed by atoms with Gasteiger partial charge in [0.2, 0.25) is 0 Å². The number of halogens is 1. The SMILES string of the molecule is Cl.O=C(O)[C@]1(CC=Cc2ccccc2)CCCN1. The monoisotopic (exact) mass is 267 g/mol. The Morgan fingerprint density at radius 3 is 2.67 bits per heavy atom. The Morgan fingerprint density at radius 1 is 1.39 bits per heavy atom. The Morgan fingerprint density at radius 2 is 2.11 bits per heavy atom. The van der Waals surface area contributed by atoms with Gasteiger partial charge in [-0.25, -0.2) is 0 Å². The molecule has 18 heavy (non-hydrogen) atoms. The van der Waals surface area contributed by atoms with E-state index in [0.29, 0.717) is 12.8 Å². The van der Waals surface area contributed by atoms with Crippen LogP contribution in [0.2, 0.25) is 0 Å². The Hall–Kier alpha value is -1.32. The standard InChI is InChI=1S/C14H17NO2.ClH/c16-13(17)14(10-5-11-15-14)9-4-8-12-6-2-1-3-7-12;/h1-4,6-8,15H,5,9-11H2,(H,16,17);1H/t14-;/m0./s1. The van der Waals surface area contributed by atoms with Gasteiger partial charge in [0.1, 0.15) is 5.54 Å². The first-order valence-corrected chi connectivity index (χ1v) is 5.93. The Labute approximate surface area is 113 Å². The molecule has 3 nitrogen and oxygen atoms in total. The van der Waals surface area contributed by atoms with Crippen molar-refractivity contribution in [3.8, 4) is 0 Å². The molecule has 0 amide bonds. The maximum absolute atomic E-state index is 11.3. The number of carboxylic acid groups (broad SMARTS) is 1. The molecule has 1 aliphatic heterocycles. The summed E-state index contributed by atoms with van der Waals surface area (Å²) in [5, 5.41) is 12.4. The molecule has 0 unspecified atom stereocenters. The van der Waals surface area contributed by atoms with Crippen molar-refractivity contribution in [3.05, 3.63) is 42.0 Å². The number of carbonyl (C=O) groups is 1. The van der Waals surface area contributed by atoms with E-state index in [1.165, 1.54) is 0 Å². The van der Waals surface area contributed by atoms with E-state index in [0.717, 1.165) is 18.5 Å². The van der Waals surface area contributed by atoms with Crippen LogP contribution in [0.5, 0.6) is 0 Å². The number of nitrogens with one attached hydrogen (secondary N) is 1. The summed E-state index contributed by atoms with van der Waals surface area (Å²) in [5.41, 5.74) is 0.358. The lowest BCUT2D eigenvalue weighted by Gasteiger charge is -2.22. The van der Waals surface area contributed by atoms with Crippen LogP contribution in [0, 0.1) is 0 Å². The van der Waals surface area contributed by atoms with Crippen LogP contribution in [0.1, 0.15) is 24.8 Å². The molecule has 1 aliphatic rings. The van der Waals surface area contributed by atoms with E-state index in [1.54, 1.807) is 0 Å². The Bertz CT molecular complexity index is 411. The van der Waals surface area contributed by atoms with E-state index >= 15 is 0 Å². The highest BCUT2D eigenvalue weighted by molar-refractivity contribution is 5.85. The van der Waals surface area contributed by atoms with E-state index < -0.39 is 11.5 Å². The summed E-state index contributed by atoms with van der Waals surface area (Å²) in [6.07, 6.45) is 6.11. The van der Waals surface area contributed by atoms with Crippen LogP contribution in [0.4, 0.5) is 0 Å². The number of aliphatic carboxylic acids is 1. The molecule has 0 aromatic heterocycles. The molecule has 98 valence electrons. The average molecular weight is 268 g/mol. The van der Waals surface area contributed by atoms with E-state index in [2.05, 4.69) is 5.32 Å². The van der Waals surface area contributed by atoms with E-state index in [9.17, 15) is 9.90 Å². The van der Waals surface area contributed by atoms with Crippen LogP contribution in [0.15, 0.2) is 36.4 Å². The topological polar surface area (TPSA) is 49.3 Å². The van der Waals surface area contributed by atoms with Gasteiger partial charge in [-0.2, -0.15) is 0 Å². The molecule has 0 radical (unpaired) electrons. The fourth-order valence-electron chi connectivity index (χ4n) is 2.21. The van der Waals surface area contributed by atoms with Crippen molar-refractivity contribution in [2.45, 2.75) is 24.8 Å². The van der Waals surface area contributed by atoms with Gasteiger partial charge < -0.3 is 10.4 Å². The quantitative estimate of drug-likeness (QED) is 0.882. The number of hydrogen-bond donors (Lipinski definition) is 2. The van der Waals surface area contributed by atoms with Crippen LogP contribution in [0.25, 0.3) is 6.08 Å². The minimum absolute atomic E-state index is 0. The average Bonchev–Trinajstić information content (AvgIpc) is 2.80. The second kappa shape index (κ2) is 6.57. The van der Waals surface area contributed by atoms with Gasteiger partial charge in [0.25, 0.3) is 0 Å². The van der Waals surface area contributed by atoms with Gasteiger partial charge >= 0.3 is 5.97 Å². The zero-order valence-electron chi connectivity index (χ0n) is 10.1. The van der Waals surface area contributed by atoms with E-state index in [4.69, 9.17) is 0 Å². The first kappa shape index (κ1) is 14.7. The van der Waals surface area contributed by atoms with Crippen molar-refractivity contribution in [2.24, 2.45) is 0 Å². The maximum Gasteiger partial charge on any atom is 0.324 e. The van der Waals surface area contributed by atoms with Crippen LogP contribution in [0.3, 0.4) is 0 Å². The van der Waals surface area contributed by atoms with Gasteiger partial charge in [-0.3, -0.25) is 4.79 Å². The smallest absolute Gasteiger partial charge is 0.324 e. The molecule has 1 aromatic rings. The predicted molar refractivity (Wildman–Crippen MR) is 74.9 cm³/mol. The van der Waals surface area contributed by atoms with Gasteiger partial charge in [-0.15, -0.1) is 12.4 Å². The number of rotatable bonds is 4. The van der Waals surface area contributed by atoms with Gasteiger partial charge in [0.15, 0.2) is 0 Å². The Balaban J connectivity index is 0.00000162. The molecule has 2 N–H and O–H groups in total. The molecule has 0 saturated carbocycles. The number of hydrogen-bond acceptors (Lipinski definition) is 2. The normalized spacial score (nSPS) is 22.9. The van der Waals surface area contributed by atoms with Crippen molar-refractivity contribution in [2.75, 3.05) is 6.54 Å². The summed E-state index contributed by atoms with van der Waals surface area (Å²) >= 11 is 0. The minimum atomic E-state index is -0.745. The molecule has 1 atom stereocenters. The number of benzene rings is 1. The second-order valence-electron chi connectivity index (χ2n) is 4.43. The van der Waals surface area contributed by atoms with Crippen LogP contribution >= 0.6 is 12.4 Å². The van der Waals surface area contributed by atoms with E-state index in [-0.39, 0.29) is 12.4 Å². The van der Waals surface area contributed by atoms with Crippen molar-refractivity contribution in [1.82, 2.24) is 5.32 Å². The third-order valence-electron chi connectivity index (χ3n) is 3.23. The molecule has 1 heterocycles. The molecule has 0 aliphatic carbocycles. The van der Waals surface area contributed by atoms with Crippen LogP contribution < -0.4 is 5.32 Å². The third kappa shape index (κ3) is 3.34. The van der Waals surface area contributed by atoms with Crippen molar-refractivity contribution < 1.29 is 9.90 Å². The maximum atomic E-state index is 11.3. The summed E-state index contributed by atoms with van der Waals surface area (Å²) in [4.78, 5) is 11.3. The lowest BCUT2D eigenvalue weighted by Crippen LogP contribution is -2.47. The van der Waals surface area contributed by atoms with Crippen molar-refractivity contribution in [1.29, 1.82) is 0 Å². The summed E-state index contributed by atoms with van der Waals surface area (Å²) in [6.45, 7) is 0.797. The summed E-state index contributed by atoms with van der Waals surface area (Å²) in [6, 6.07) is 9.92. The van der Waals surface area contributed by atoms with Gasteiger partial charge in [0.05, 0.1) is 0 Å². The highest BCUT2D eigenvalue weighted by atomic mass is 35.5. The van der Waals surface area contributed by atoms with Gasteiger partial charge in [-0.1, -0.05) is 42.5 Å². The summed E-state index contributed by atoms with van der Waals surface area (Å²) in [5.74, 6) is -0.743. The molecular formula is C14H18ClNO2. The molecule has 1 saturated heterocycles. The molecule has 0 spiro atoms. The highest BCUT2D eigenvalue weighted by Crippen LogP contribution is 2.24. The van der Waals surface area contributed by atoms with Gasteiger partial charge in [-0.05, 0) is 31.4 Å². The molecule has 2 rings (SSSR count). The lowest BCUT2D eigenvalue weighted by molar-refractivity contribution is -0.144. The zero-order chi connectivity index (χ0) is 12.1. The molecular weight excluding hydrogens is 250 g/mol. The fourth-order valence-corrected chi connectivity index (χ4v) is 2.21. The number of carboxylic acids is 1. The molecule has 1 fully saturated rings. The molecule has 1 aromatic carbocycles. The van der Waals surface area contributed by atoms with Crippen molar-refractivity contribution in [3.63, 3.8) is 0 Å². The Kier molecular flexibility index (Phi) is 5.38. The van der Waals surface area contributed by atoms with Gasteiger partial charge in [0, 0.05) is 0 Å². The highest BCUT2D eigenvalue weighted by Gasteiger charge is 2.39. The third-order valence-corrected chi connectivity index (χ3v) is 3.23. The first-order valence-electron chi connectivity index (χ1n) is 5.93. The summed E-state index contributed by atoms with van der Waals surface area (Å²) < 4.78 is 0. The lowest BCUT2D eigenvalue weighted by atomic mass is 9.93. The van der Waals surface area contributed by atoms with Crippen LogP contribution in [-0.2, 0) is 4.79 Å². The summed E-state index contributed by atoms with van der Waals surface area (Å²) in [7, 11) is 0. The van der Waals surface area contributed by atoms with Crippen molar-refractivity contribution >= 4 is 24.5 Å². The molecule has 4 heteroatoms. The zero-order valence-corrected chi connectivity index (χ0v) is 11.0. The first-order chi connectivity index (χ1) is 8.23. The largest absolute Gasteiger partial charge is 0.480 e. The van der Waals surface area contributed by atoms with E-state index in [1.807, 2.05) is 42.5 Å². The minimum Gasteiger partial charge on any atom is -0.480 e. The van der Waals surface area contributed by atoms with Crippen LogP contribution in [-0.4, -0.2) is 23.2 Å². The fraction of sp³-hybridized carbons (Fsp3) is 0.357. The second-order valence-corrected chi connectivity index (χ2v) is 4.43. The molecule has 0 bridgehead atoms. The predicted octanol–water partition coefficient (Wildman–Crippen LogP) is 2.72.